The van der Waals surface area contributed by atoms with Gasteiger partial charge in [-0.25, -0.2) is 4.98 Å². The summed E-state index contributed by atoms with van der Waals surface area (Å²) in [6.07, 6.45) is 3.84. The van der Waals surface area contributed by atoms with Crippen LogP contribution in [0.15, 0.2) is 60.7 Å². The van der Waals surface area contributed by atoms with Gasteiger partial charge >= 0.3 is 0 Å². The third-order valence-corrected chi connectivity index (χ3v) is 5.04. The lowest BCUT2D eigenvalue weighted by atomic mass is 10.1. The lowest BCUT2D eigenvalue weighted by Crippen LogP contribution is -2.32. The zero-order valence-electron chi connectivity index (χ0n) is 15.7. The second kappa shape index (κ2) is 8.87. The van der Waals surface area contributed by atoms with Gasteiger partial charge in [0.25, 0.3) is 0 Å². The summed E-state index contributed by atoms with van der Waals surface area (Å²) in [5, 5.41) is 4.73. The number of rotatable bonds is 7. The van der Waals surface area contributed by atoms with Crippen LogP contribution >= 0.6 is 0 Å². The minimum absolute atomic E-state index is 0.657. The average molecular weight is 361 g/mol. The van der Waals surface area contributed by atoms with Crippen molar-refractivity contribution in [3.05, 3.63) is 66.2 Å². The maximum absolute atomic E-state index is 5.77. The SMILES string of the molecule is c1ccc(OCCNCc2cc3ccccc3nc2N2CCCCC2)cc1. The molecular weight excluding hydrogens is 334 g/mol. The summed E-state index contributed by atoms with van der Waals surface area (Å²) in [6, 6.07) is 20.6. The molecule has 4 heteroatoms. The van der Waals surface area contributed by atoms with Gasteiger partial charge in [-0.2, -0.15) is 0 Å². The van der Waals surface area contributed by atoms with Crippen LogP contribution in [-0.4, -0.2) is 31.2 Å². The molecule has 1 fully saturated rings. The normalized spacial score (nSPS) is 14.4. The van der Waals surface area contributed by atoms with E-state index in [0.29, 0.717) is 6.61 Å². The van der Waals surface area contributed by atoms with Gasteiger partial charge in [0.05, 0.1) is 5.52 Å². The van der Waals surface area contributed by atoms with Crippen LogP contribution in [0.5, 0.6) is 5.75 Å². The zero-order valence-corrected chi connectivity index (χ0v) is 15.7. The number of benzene rings is 2. The number of fused-ring (bicyclic) bond motifs is 1. The number of piperidine rings is 1. The molecule has 1 N–H and O–H groups in total. The number of nitrogens with zero attached hydrogens (tertiary/aromatic N) is 2. The minimum Gasteiger partial charge on any atom is -0.492 e. The van der Waals surface area contributed by atoms with Crippen molar-refractivity contribution in [2.45, 2.75) is 25.8 Å². The molecule has 4 nitrogen and oxygen atoms in total. The maximum Gasteiger partial charge on any atom is 0.133 e. The van der Waals surface area contributed by atoms with Gasteiger partial charge in [0, 0.05) is 37.1 Å². The molecule has 0 spiro atoms. The molecule has 140 valence electrons. The van der Waals surface area contributed by atoms with Crippen molar-refractivity contribution in [1.29, 1.82) is 0 Å². The highest BCUT2D eigenvalue weighted by atomic mass is 16.5. The molecular formula is C23H27N3O. The molecule has 4 rings (SSSR count). The fraction of sp³-hybridized carbons (Fsp3) is 0.348. The summed E-state index contributed by atoms with van der Waals surface area (Å²) in [5.74, 6) is 2.06. The van der Waals surface area contributed by atoms with E-state index in [1.807, 2.05) is 30.3 Å². The van der Waals surface area contributed by atoms with Crippen molar-refractivity contribution in [2.24, 2.45) is 0 Å². The number of pyridine rings is 1. The van der Waals surface area contributed by atoms with E-state index in [1.54, 1.807) is 0 Å². The Bertz CT molecular complexity index is 860. The number of aromatic nitrogens is 1. The Morgan fingerprint density at radius 3 is 2.56 bits per heavy atom. The second-order valence-electron chi connectivity index (χ2n) is 7.05. The van der Waals surface area contributed by atoms with E-state index in [-0.39, 0.29) is 0 Å². The van der Waals surface area contributed by atoms with Gasteiger partial charge in [-0.05, 0) is 43.5 Å². The molecule has 0 saturated carbocycles. The highest BCUT2D eigenvalue weighted by Gasteiger charge is 2.16. The smallest absolute Gasteiger partial charge is 0.133 e. The predicted molar refractivity (Wildman–Crippen MR) is 111 cm³/mol. The minimum atomic E-state index is 0.657. The van der Waals surface area contributed by atoms with Gasteiger partial charge < -0.3 is 15.0 Å². The van der Waals surface area contributed by atoms with Crippen molar-refractivity contribution >= 4 is 16.7 Å². The Labute approximate surface area is 161 Å². The van der Waals surface area contributed by atoms with E-state index < -0.39 is 0 Å². The van der Waals surface area contributed by atoms with Crippen LogP contribution in [0.1, 0.15) is 24.8 Å². The van der Waals surface area contributed by atoms with Crippen LogP contribution < -0.4 is 15.0 Å². The number of nitrogens with one attached hydrogen (secondary N) is 1. The molecule has 3 aromatic rings. The molecule has 0 radical (unpaired) electrons. The molecule has 1 aliphatic heterocycles. The second-order valence-corrected chi connectivity index (χ2v) is 7.05. The molecule has 0 amide bonds. The fourth-order valence-electron chi connectivity index (χ4n) is 3.64. The molecule has 0 unspecified atom stereocenters. The predicted octanol–water partition coefficient (Wildman–Crippen LogP) is 4.39. The Kier molecular flexibility index (Phi) is 5.85. The first kappa shape index (κ1) is 17.8. The van der Waals surface area contributed by atoms with E-state index in [0.717, 1.165) is 43.3 Å². The standard InChI is InChI=1S/C23H27N3O/c1-3-10-21(11-4-1)27-16-13-24-18-20-17-19-9-5-6-12-22(19)25-23(20)26-14-7-2-8-15-26/h1,3-6,9-12,17,24H,2,7-8,13-16,18H2. The topological polar surface area (TPSA) is 37.4 Å². The third kappa shape index (κ3) is 4.58. The van der Waals surface area contributed by atoms with Gasteiger partial charge in [-0.1, -0.05) is 36.4 Å². The lowest BCUT2D eigenvalue weighted by molar-refractivity contribution is 0.313. The summed E-state index contributed by atoms with van der Waals surface area (Å²) in [7, 11) is 0. The van der Waals surface area contributed by atoms with Crippen LogP contribution in [0.3, 0.4) is 0 Å². The van der Waals surface area contributed by atoms with Crippen molar-refractivity contribution < 1.29 is 4.74 Å². The largest absolute Gasteiger partial charge is 0.492 e. The first-order chi connectivity index (χ1) is 13.4. The van der Waals surface area contributed by atoms with Gasteiger partial charge in [0.2, 0.25) is 0 Å². The Balaban J connectivity index is 1.42. The monoisotopic (exact) mass is 361 g/mol. The van der Waals surface area contributed by atoms with E-state index in [9.17, 15) is 0 Å². The first-order valence-corrected chi connectivity index (χ1v) is 9.92. The Morgan fingerprint density at radius 2 is 1.70 bits per heavy atom. The van der Waals surface area contributed by atoms with Crippen LogP contribution in [0.25, 0.3) is 10.9 Å². The first-order valence-electron chi connectivity index (χ1n) is 9.92. The highest BCUT2D eigenvalue weighted by molar-refractivity contribution is 5.81. The number of para-hydroxylation sites is 2. The lowest BCUT2D eigenvalue weighted by Gasteiger charge is -2.30. The summed E-state index contributed by atoms with van der Waals surface area (Å²) < 4.78 is 5.77. The van der Waals surface area contributed by atoms with Crippen LogP contribution in [-0.2, 0) is 6.54 Å². The number of hydrogen-bond donors (Lipinski definition) is 1. The molecule has 0 aliphatic carbocycles. The fourth-order valence-corrected chi connectivity index (χ4v) is 3.64. The van der Waals surface area contributed by atoms with Gasteiger partial charge in [0.15, 0.2) is 0 Å². The van der Waals surface area contributed by atoms with Crippen molar-refractivity contribution in [1.82, 2.24) is 10.3 Å². The Hall–Kier alpha value is -2.59. The molecule has 2 aromatic carbocycles. The van der Waals surface area contributed by atoms with E-state index in [1.165, 1.54) is 30.2 Å². The third-order valence-electron chi connectivity index (χ3n) is 5.04. The highest BCUT2D eigenvalue weighted by Crippen LogP contribution is 2.26. The molecule has 0 bridgehead atoms. The summed E-state index contributed by atoms with van der Waals surface area (Å²) >= 11 is 0. The van der Waals surface area contributed by atoms with E-state index >= 15 is 0 Å². The quantitative estimate of drug-likeness (QED) is 0.633. The van der Waals surface area contributed by atoms with Crippen LogP contribution in [0, 0.1) is 0 Å². The summed E-state index contributed by atoms with van der Waals surface area (Å²) in [6.45, 7) is 4.48. The van der Waals surface area contributed by atoms with Crippen LogP contribution in [0.2, 0.25) is 0 Å². The summed E-state index contributed by atoms with van der Waals surface area (Å²) in [5.41, 5.74) is 2.35. The molecule has 27 heavy (non-hydrogen) atoms. The Morgan fingerprint density at radius 1 is 0.926 bits per heavy atom. The van der Waals surface area contributed by atoms with E-state index in [2.05, 4.69) is 40.5 Å². The van der Waals surface area contributed by atoms with E-state index in [4.69, 9.17) is 9.72 Å². The van der Waals surface area contributed by atoms with Gasteiger partial charge in [0.1, 0.15) is 18.2 Å². The molecule has 1 aliphatic rings. The number of ether oxygens (including phenoxy) is 1. The number of hydrogen-bond acceptors (Lipinski definition) is 4. The average Bonchev–Trinajstić information content (AvgIpc) is 2.74. The van der Waals surface area contributed by atoms with Gasteiger partial charge in [-0.3, -0.25) is 0 Å². The number of anilines is 1. The zero-order chi connectivity index (χ0) is 18.3. The van der Waals surface area contributed by atoms with Gasteiger partial charge in [-0.15, -0.1) is 0 Å². The molecule has 0 atom stereocenters. The van der Waals surface area contributed by atoms with Crippen molar-refractivity contribution in [3.8, 4) is 5.75 Å². The maximum atomic E-state index is 5.77. The van der Waals surface area contributed by atoms with Crippen molar-refractivity contribution in [3.63, 3.8) is 0 Å². The molecule has 2 heterocycles. The molecule has 1 saturated heterocycles. The summed E-state index contributed by atoms with van der Waals surface area (Å²) in [4.78, 5) is 7.45. The van der Waals surface area contributed by atoms with Crippen molar-refractivity contribution in [2.75, 3.05) is 31.1 Å². The molecule has 1 aromatic heterocycles. The van der Waals surface area contributed by atoms with Crippen LogP contribution in [0.4, 0.5) is 5.82 Å².